The summed E-state index contributed by atoms with van der Waals surface area (Å²) < 4.78 is 0. The fourth-order valence-corrected chi connectivity index (χ4v) is 1.77. The third kappa shape index (κ3) is 6.33. The van der Waals surface area contributed by atoms with Crippen LogP contribution in [0.5, 0.6) is 0 Å². The summed E-state index contributed by atoms with van der Waals surface area (Å²) in [7, 11) is 1.84. The van der Waals surface area contributed by atoms with Gasteiger partial charge in [-0.2, -0.15) is 0 Å². The highest BCUT2D eigenvalue weighted by molar-refractivity contribution is 5.94. The molecule has 1 rings (SSSR count). The number of anilines is 1. The van der Waals surface area contributed by atoms with Crippen molar-refractivity contribution in [2.24, 2.45) is 0 Å². The molecule has 0 aliphatic rings. The minimum atomic E-state index is -0.208. The number of carbonyl (C=O) groups is 2. The van der Waals surface area contributed by atoms with Gasteiger partial charge in [-0.1, -0.05) is 19.1 Å². The molecule has 0 fully saturated rings. The van der Waals surface area contributed by atoms with E-state index < -0.39 is 0 Å². The number of hydrogen-bond acceptors (Lipinski definition) is 3. The molecule has 20 heavy (non-hydrogen) atoms. The maximum Gasteiger partial charge on any atom is 0.243 e. The first-order valence-corrected chi connectivity index (χ1v) is 6.95. The highest BCUT2D eigenvalue weighted by Gasteiger charge is 2.05. The molecular formula is C15H23N3O2. The van der Waals surface area contributed by atoms with Crippen molar-refractivity contribution in [3.63, 3.8) is 0 Å². The summed E-state index contributed by atoms with van der Waals surface area (Å²) in [5.41, 5.74) is 1.93. The van der Waals surface area contributed by atoms with Gasteiger partial charge >= 0.3 is 0 Å². The third-order valence-electron chi connectivity index (χ3n) is 2.90. The van der Waals surface area contributed by atoms with Gasteiger partial charge in [0.15, 0.2) is 0 Å². The molecule has 5 nitrogen and oxygen atoms in total. The molecule has 0 heterocycles. The van der Waals surface area contributed by atoms with Crippen LogP contribution < -0.4 is 16.0 Å². The Kier molecular flexibility index (Phi) is 7.35. The Morgan fingerprint density at radius 3 is 2.70 bits per heavy atom. The van der Waals surface area contributed by atoms with Gasteiger partial charge in [-0.3, -0.25) is 9.59 Å². The van der Waals surface area contributed by atoms with E-state index in [4.69, 9.17) is 0 Å². The van der Waals surface area contributed by atoms with Crippen molar-refractivity contribution in [1.82, 2.24) is 10.6 Å². The Bertz CT molecular complexity index is 446. The van der Waals surface area contributed by atoms with Crippen LogP contribution in [0.3, 0.4) is 0 Å². The second kappa shape index (κ2) is 9.09. The molecule has 1 aromatic rings. The minimum absolute atomic E-state index is 0.00867. The summed E-state index contributed by atoms with van der Waals surface area (Å²) in [5.74, 6) is -0.307. The Morgan fingerprint density at radius 1 is 1.20 bits per heavy atom. The first kappa shape index (κ1) is 16.2. The van der Waals surface area contributed by atoms with Crippen LogP contribution in [0.2, 0.25) is 0 Å². The Labute approximate surface area is 120 Å². The Morgan fingerprint density at radius 2 is 2.00 bits per heavy atom. The highest BCUT2D eigenvalue weighted by Crippen LogP contribution is 2.10. The molecule has 5 heteroatoms. The van der Waals surface area contributed by atoms with Crippen molar-refractivity contribution in [3.05, 3.63) is 29.8 Å². The first-order valence-electron chi connectivity index (χ1n) is 6.95. The average molecular weight is 277 g/mol. The zero-order valence-corrected chi connectivity index (χ0v) is 12.2. The molecule has 0 radical (unpaired) electrons. The van der Waals surface area contributed by atoms with Crippen molar-refractivity contribution >= 4 is 17.5 Å². The fourth-order valence-electron chi connectivity index (χ4n) is 1.77. The number of carbonyl (C=O) groups excluding carboxylic acids is 2. The molecule has 0 saturated carbocycles. The van der Waals surface area contributed by atoms with Crippen LogP contribution in [0.4, 0.5) is 5.69 Å². The van der Waals surface area contributed by atoms with E-state index in [-0.39, 0.29) is 18.4 Å². The summed E-state index contributed by atoms with van der Waals surface area (Å²) in [6.07, 6.45) is 2.12. The molecule has 3 N–H and O–H groups in total. The Balaban J connectivity index is 2.30. The smallest absolute Gasteiger partial charge is 0.243 e. The third-order valence-corrected chi connectivity index (χ3v) is 2.90. The van der Waals surface area contributed by atoms with Crippen LogP contribution in [-0.4, -0.2) is 32.0 Å². The summed E-state index contributed by atoms with van der Waals surface area (Å²) in [6, 6.07) is 7.70. The van der Waals surface area contributed by atoms with E-state index in [0.717, 1.165) is 25.1 Å². The fraction of sp³-hybridized carbons (Fsp3) is 0.467. The lowest BCUT2D eigenvalue weighted by molar-refractivity contribution is -0.124. The van der Waals surface area contributed by atoms with E-state index in [0.29, 0.717) is 6.42 Å². The lowest BCUT2D eigenvalue weighted by Crippen LogP contribution is -2.33. The Hall–Kier alpha value is -1.88. The predicted octanol–water partition coefficient (Wildman–Crippen LogP) is 1.30. The van der Waals surface area contributed by atoms with Gasteiger partial charge in [0.1, 0.15) is 0 Å². The van der Waals surface area contributed by atoms with Gasteiger partial charge in [-0.05, 0) is 44.1 Å². The molecule has 0 aromatic heterocycles. The molecule has 110 valence electrons. The van der Waals surface area contributed by atoms with E-state index >= 15 is 0 Å². The molecule has 0 aliphatic carbocycles. The van der Waals surface area contributed by atoms with Crippen LogP contribution in [0.15, 0.2) is 24.3 Å². The van der Waals surface area contributed by atoms with E-state index in [1.165, 1.54) is 5.56 Å². The molecular weight excluding hydrogens is 254 g/mol. The van der Waals surface area contributed by atoms with Crippen LogP contribution in [0.1, 0.15) is 25.3 Å². The maximum absolute atomic E-state index is 11.7. The zero-order chi connectivity index (χ0) is 14.8. The van der Waals surface area contributed by atoms with E-state index in [1.54, 1.807) is 0 Å². The summed E-state index contributed by atoms with van der Waals surface area (Å²) in [5, 5.41) is 8.36. The number of benzene rings is 1. The molecule has 0 saturated heterocycles. The zero-order valence-electron chi connectivity index (χ0n) is 12.2. The standard InChI is InChI=1S/C15H23N3O2/c1-3-12-6-4-7-13(10-12)18-15(20)11-17-14(19)8-5-9-16-2/h4,6-7,10,16H,3,5,8-9,11H2,1-2H3,(H,17,19)(H,18,20). The number of rotatable bonds is 8. The molecule has 0 bridgehead atoms. The van der Waals surface area contributed by atoms with Gasteiger partial charge in [-0.15, -0.1) is 0 Å². The average Bonchev–Trinajstić information content (AvgIpc) is 2.45. The molecule has 0 aliphatic heterocycles. The SMILES string of the molecule is CCc1cccc(NC(=O)CNC(=O)CCCNC)c1. The quantitative estimate of drug-likeness (QED) is 0.627. The lowest BCUT2D eigenvalue weighted by atomic mass is 10.1. The van der Waals surface area contributed by atoms with Gasteiger partial charge in [-0.25, -0.2) is 0 Å². The predicted molar refractivity (Wildman–Crippen MR) is 80.6 cm³/mol. The van der Waals surface area contributed by atoms with Crippen molar-refractivity contribution in [2.45, 2.75) is 26.2 Å². The number of aryl methyl sites for hydroxylation is 1. The summed E-state index contributed by atoms with van der Waals surface area (Å²) in [6.45, 7) is 2.87. The molecule has 0 atom stereocenters. The number of amides is 2. The monoisotopic (exact) mass is 277 g/mol. The molecule has 2 amide bonds. The second-order valence-electron chi connectivity index (χ2n) is 4.59. The van der Waals surface area contributed by atoms with Gasteiger partial charge in [0.25, 0.3) is 0 Å². The van der Waals surface area contributed by atoms with Crippen molar-refractivity contribution in [3.8, 4) is 0 Å². The molecule has 1 aromatic carbocycles. The topological polar surface area (TPSA) is 70.2 Å². The van der Waals surface area contributed by atoms with Crippen molar-refractivity contribution in [1.29, 1.82) is 0 Å². The van der Waals surface area contributed by atoms with Gasteiger partial charge in [0.2, 0.25) is 11.8 Å². The van der Waals surface area contributed by atoms with Gasteiger partial charge in [0, 0.05) is 12.1 Å². The largest absolute Gasteiger partial charge is 0.347 e. The number of hydrogen-bond donors (Lipinski definition) is 3. The van der Waals surface area contributed by atoms with Crippen LogP contribution >= 0.6 is 0 Å². The summed E-state index contributed by atoms with van der Waals surface area (Å²) in [4.78, 5) is 23.2. The lowest BCUT2D eigenvalue weighted by Gasteiger charge is -2.08. The summed E-state index contributed by atoms with van der Waals surface area (Å²) >= 11 is 0. The van der Waals surface area contributed by atoms with Crippen LogP contribution in [0, 0.1) is 0 Å². The minimum Gasteiger partial charge on any atom is -0.347 e. The molecule has 0 unspecified atom stereocenters. The van der Waals surface area contributed by atoms with Gasteiger partial charge < -0.3 is 16.0 Å². The highest BCUT2D eigenvalue weighted by atomic mass is 16.2. The van der Waals surface area contributed by atoms with Gasteiger partial charge in [0.05, 0.1) is 6.54 Å². The normalized spacial score (nSPS) is 10.1. The van der Waals surface area contributed by atoms with E-state index in [1.807, 2.05) is 31.3 Å². The van der Waals surface area contributed by atoms with Crippen molar-refractivity contribution in [2.75, 3.05) is 25.5 Å². The number of nitrogens with one attached hydrogen (secondary N) is 3. The van der Waals surface area contributed by atoms with Crippen LogP contribution in [0.25, 0.3) is 0 Å². The van der Waals surface area contributed by atoms with E-state index in [2.05, 4.69) is 22.9 Å². The molecule has 0 spiro atoms. The van der Waals surface area contributed by atoms with Crippen LogP contribution in [-0.2, 0) is 16.0 Å². The second-order valence-corrected chi connectivity index (χ2v) is 4.59. The van der Waals surface area contributed by atoms with Crippen molar-refractivity contribution < 1.29 is 9.59 Å². The first-order chi connectivity index (χ1) is 9.65. The maximum atomic E-state index is 11.7. The van der Waals surface area contributed by atoms with E-state index in [9.17, 15) is 9.59 Å².